The van der Waals surface area contributed by atoms with Crippen LogP contribution >= 0.6 is 0 Å². The molecule has 0 saturated carbocycles. The zero-order chi connectivity index (χ0) is 24.5. The number of nitrogens with zero attached hydrogens (tertiary/aromatic N) is 4. The standard InChI is InChI=1S/C27H27N5O3/c28-12-1-2-24(33)19-30-27(34)22-7-5-21(6-8-22)25-11-13-29-26(31-25)18-20-3-9-23(10-4-20)32-14-16-35-17-15-32/h3-11,13H,1-2,14-19H2,(H,30,34). The van der Waals surface area contributed by atoms with Gasteiger partial charge >= 0.3 is 0 Å². The smallest absolute Gasteiger partial charge is 0.251 e. The number of carbonyl (C=O) groups is 2. The Morgan fingerprint density at radius 2 is 1.77 bits per heavy atom. The van der Waals surface area contributed by atoms with Crippen LogP contribution < -0.4 is 10.2 Å². The van der Waals surface area contributed by atoms with Gasteiger partial charge in [-0.05, 0) is 35.9 Å². The molecule has 2 aromatic carbocycles. The number of ketones is 1. The van der Waals surface area contributed by atoms with Crippen molar-refractivity contribution in [3.8, 4) is 17.3 Å². The number of morpholine rings is 1. The number of carbonyl (C=O) groups excluding carboxylic acids is 2. The molecule has 1 amide bonds. The summed E-state index contributed by atoms with van der Waals surface area (Å²) in [5.74, 6) is 0.228. The van der Waals surface area contributed by atoms with Gasteiger partial charge in [0, 0.05) is 55.4 Å². The molecule has 0 bridgehead atoms. The maximum Gasteiger partial charge on any atom is 0.251 e. The molecule has 8 heteroatoms. The lowest BCUT2D eigenvalue weighted by Crippen LogP contribution is -2.36. The number of ether oxygens (including phenoxy) is 1. The van der Waals surface area contributed by atoms with Crippen molar-refractivity contribution in [1.29, 1.82) is 5.26 Å². The lowest BCUT2D eigenvalue weighted by atomic mass is 10.1. The molecule has 1 saturated heterocycles. The van der Waals surface area contributed by atoms with Gasteiger partial charge in [0.2, 0.25) is 0 Å². The predicted octanol–water partition coefficient (Wildman–Crippen LogP) is 3.17. The summed E-state index contributed by atoms with van der Waals surface area (Å²) < 4.78 is 5.42. The summed E-state index contributed by atoms with van der Waals surface area (Å²) in [7, 11) is 0. The molecule has 1 fully saturated rings. The third-order valence-electron chi connectivity index (χ3n) is 5.78. The van der Waals surface area contributed by atoms with E-state index in [4.69, 9.17) is 15.0 Å². The molecule has 1 N–H and O–H groups in total. The molecule has 1 aromatic heterocycles. The summed E-state index contributed by atoms with van der Waals surface area (Å²) >= 11 is 0. The number of hydrogen-bond donors (Lipinski definition) is 1. The number of benzene rings is 2. The quantitative estimate of drug-likeness (QED) is 0.513. The summed E-state index contributed by atoms with van der Waals surface area (Å²) in [6.07, 6.45) is 2.67. The van der Waals surface area contributed by atoms with Gasteiger partial charge in [0.1, 0.15) is 5.82 Å². The first-order valence-corrected chi connectivity index (χ1v) is 11.6. The van der Waals surface area contributed by atoms with Crippen LogP contribution in [0.5, 0.6) is 0 Å². The van der Waals surface area contributed by atoms with Gasteiger partial charge in [0.25, 0.3) is 5.91 Å². The van der Waals surface area contributed by atoms with Crippen LogP contribution in [0.2, 0.25) is 0 Å². The number of hydrogen-bond acceptors (Lipinski definition) is 7. The van der Waals surface area contributed by atoms with Crippen LogP contribution in [0.1, 0.15) is 34.6 Å². The van der Waals surface area contributed by atoms with Crippen LogP contribution in [0, 0.1) is 11.3 Å². The molecule has 35 heavy (non-hydrogen) atoms. The van der Waals surface area contributed by atoms with Crippen molar-refractivity contribution in [2.24, 2.45) is 0 Å². The van der Waals surface area contributed by atoms with Gasteiger partial charge in [-0.25, -0.2) is 9.97 Å². The fourth-order valence-electron chi connectivity index (χ4n) is 3.83. The van der Waals surface area contributed by atoms with Gasteiger partial charge in [-0.1, -0.05) is 24.3 Å². The molecule has 0 radical (unpaired) electrons. The Morgan fingerprint density at radius 3 is 2.49 bits per heavy atom. The normalized spacial score (nSPS) is 13.2. The first-order valence-electron chi connectivity index (χ1n) is 11.6. The topological polar surface area (TPSA) is 108 Å². The molecule has 1 aliphatic heterocycles. The number of anilines is 1. The van der Waals surface area contributed by atoms with Crippen LogP contribution in [-0.2, 0) is 16.0 Å². The molecule has 8 nitrogen and oxygen atoms in total. The van der Waals surface area contributed by atoms with Crippen molar-refractivity contribution in [1.82, 2.24) is 15.3 Å². The van der Waals surface area contributed by atoms with E-state index in [1.165, 1.54) is 5.69 Å². The zero-order valence-corrected chi connectivity index (χ0v) is 19.4. The molecule has 4 rings (SSSR count). The average molecular weight is 470 g/mol. The summed E-state index contributed by atoms with van der Waals surface area (Å²) in [6, 6.07) is 19.3. The predicted molar refractivity (Wildman–Crippen MR) is 132 cm³/mol. The molecule has 0 aliphatic carbocycles. The van der Waals surface area contributed by atoms with Gasteiger partial charge in [-0.15, -0.1) is 0 Å². The number of amides is 1. The molecule has 0 spiro atoms. The Hall–Kier alpha value is -4.09. The highest BCUT2D eigenvalue weighted by atomic mass is 16.5. The number of nitriles is 1. The minimum atomic E-state index is -0.328. The molecule has 1 aliphatic rings. The third kappa shape index (κ3) is 6.71. The molecule has 2 heterocycles. The zero-order valence-electron chi connectivity index (χ0n) is 19.4. The van der Waals surface area contributed by atoms with E-state index < -0.39 is 0 Å². The number of Topliss-reactive ketones (excluding diaryl/α,β-unsaturated/α-hetero) is 1. The van der Waals surface area contributed by atoms with Crippen molar-refractivity contribution in [3.05, 3.63) is 77.7 Å². The van der Waals surface area contributed by atoms with E-state index in [9.17, 15) is 9.59 Å². The fraction of sp³-hybridized carbons (Fsp3) is 0.296. The summed E-state index contributed by atoms with van der Waals surface area (Å²) in [5.41, 5.74) is 4.44. The monoisotopic (exact) mass is 469 g/mol. The third-order valence-corrected chi connectivity index (χ3v) is 5.78. The van der Waals surface area contributed by atoms with Crippen LogP contribution in [0.3, 0.4) is 0 Å². The average Bonchev–Trinajstić information content (AvgIpc) is 2.91. The summed E-state index contributed by atoms with van der Waals surface area (Å²) in [4.78, 5) is 35.4. The van der Waals surface area contributed by atoms with E-state index >= 15 is 0 Å². The number of nitrogens with one attached hydrogen (secondary N) is 1. The lowest BCUT2D eigenvalue weighted by molar-refractivity contribution is -0.118. The van der Waals surface area contributed by atoms with Crippen LogP contribution in [-0.4, -0.2) is 54.5 Å². The van der Waals surface area contributed by atoms with E-state index in [1.807, 2.05) is 24.3 Å². The largest absolute Gasteiger partial charge is 0.378 e. The van der Waals surface area contributed by atoms with Gasteiger partial charge in [-0.2, -0.15) is 5.26 Å². The van der Waals surface area contributed by atoms with Gasteiger partial charge in [-0.3, -0.25) is 9.59 Å². The molecular weight excluding hydrogens is 442 g/mol. The molecule has 0 atom stereocenters. The van der Waals surface area contributed by atoms with E-state index in [1.54, 1.807) is 18.3 Å². The van der Waals surface area contributed by atoms with Crippen LogP contribution in [0.15, 0.2) is 60.8 Å². The second kappa shape index (κ2) is 11.9. The lowest BCUT2D eigenvalue weighted by Gasteiger charge is -2.28. The van der Waals surface area contributed by atoms with Crippen LogP contribution in [0.25, 0.3) is 11.3 Å². The number of aromatic nitrogens is 2. The second-order valence-corrected chi connectivity index (χ2v) is 8.26. The first kappa shape index (κ1) is 24.0. The van der Waals surface area contributed by atoms with Crippen molar-refractivity contribution in [2.75, 3.05) is 37.7 Å². The van der Waals surface area contributed by atoms with E-state index in [0.717, 1.165) is 48.9 Å². The fourth-order valence-corrected chi connectivity index (χ4v) is 3.83. The Balaban J connectivity index is 1.36. The minimum Gasteiger partial charge on any atom is -0.378 e. The van der Waals surface area contributed by atoms with Crippen molar-refractivity contribution in [2.45, 2.75) is 19.3 Å². The summed E-state index contributed by atoms with van der Waals surface area (Å²) in [5, 5.41) is 11.1. The van der Waals surface area contributed by atoms with Gasteiger partial charge in [0.05, 0.1) is 31.5 Å². The molecule has 0 unspecified atom stereocenters. The first-order chi connectivity index (χ1) is 17.1. The van der Waals surface area contributed by atoms with Gasteiger partial charge < -0.3 is 15.0 Å². The Labute approximate surface area is 204 Å². The van der Waals surface area contributed by atoms with Gasteiger partial charge in [0.15, 0.2) is 5.78 Å². The highest BCUT2D eigenvalue weighted by molar-refractivity contribution is 5.97. The van der Waals surface area contributed by atoms with E-state index in [0.29, 0.717) is 12.0 Å². The SMILES string of the molecule is N#CCCC(=O)CNC(=O)c1ccc(-c2ccnc(Cc3ccc(N4CCOCC4)cc3)n2)cc1. The minimum absolute atomic E-state index is 0.0784. The van der Waals surface area contributed by atoms with Crippen molar-refractivity contribution < 1.29 is 14.3 Å². The molecule has 178 valence electrons. The summed E-state index contributed by atoms with van der Waals surface area (Å²) in [6.45, 7) is 3.26. The second-order valence-electron chi connectivity index (χ2n) is 8.26. The Morgan fingerprint density at radius 1 is 1.03 bits per heavy atom. The maximum atomic E-state index is 12.3. The molecular formula is C27H27N5O3. The highest BCUT2D eigenvalue weighted by Crippen LogP contribution is 2.20. The van der Waals surface area contributed by atoms with Crippen molar-refractivity contribution >= 4 is 17.4 Å². The van der Waals surface area contributed by atoms with Crippen LogP contribution in [0.4, 0.5) is 5.69 Å². The Kier molecular flexibility index (Phi) is 8.15. The maximum absolute atomic E-state index is 12.3. The van der Waals surface area contributed by atoms with E-state index in [2.05, 4.69) is 39.5 Å². The van der Waals surface area contributed by atoms with E-state index in [-0.39, 0.29) is 31.1 Å². The number of rotatable bonds is 9. The Bertz CT molecular complexity index is 1200. The molecule has 3 aromatic rings. The highest BCUT2D eigenvalue weighted by Gasteiger charge is 2.12. The van der Waals surface area contributed by atoms with Crippen molar-refractivity contribution in [3.63, 3.8) is 0 Å².